The Hall–Kier alpha value is -2.54. The number of carbonyl (C=O) groups excluding carboxylic acids is 1. The zero-order chi connectivity index (χ0) is 16.2. The third-order valence-electron chi connectivity index (χ3n) is 3.22. The van der Waals surface area contributed by atoms with Crippen LogP contribution >= 0.6 is 11.8 Å². The van der Waals surface area contributed by atoms with Crippen LogP contribution in [0.3, 0.4) is 0 Å². The normalized spacial score (nSPS) is 12.1. The van der Waals surface area contributed by atoms with Crippen LogP contribution in [0.4, 0.5) is 5.82 Å². The molecule has 1 amide bonds. The highest BCUT2D eigenvalue weighted by atomic mass is 32.2. The third kappa shape index (κ3) is 3.62. The van der Waals surface area contributed by atoms with Crippen LogP contribution in [-0.2, 0) is 11.8 Å². The van der Waals surface area contributed by atoms with Gasteiger partial charge in [0, 0.05) is 25.5 Å². The summed E-state index contributed by atoms with van der Waals surface area (Å²) >= 11 is 1.39. The van der Waals surface area contributed by atoms with E-state index < -0.39 is 5.25 Å². The third-order valence-corrected chi connectivity index (χ3v) is 4.55. The minimum Gasteiger partial charge on any atom is -0.360 e. The van der Waals surface area contributed by atoms with E-state index in [-0.39, 0.29) is 5.91 Å². The lowest BCUT2D eigenvalue weighted by Gasteiger charge is -2.15. The van der Waals surface area contributed by atoms with Crippen LogP contribution in [0.25, 0.3) is 0 Å². The molecule has 0 aliphatic carbocycles. The second-order valence-corrected chi connectivity index (χ2v) is 6.11. The molecular weight excluding hydrogens is 312 g/mol. The van der Waals surface area contributed by atoms with Gasteiger partial charge in [0.15, 0.2) is 11.0 Å². The van der Waals surface area contributed by atoms with Gasteiger partial charge in [-0.05, 0) is 12.5 Å². The van der Waals surface area contributed by atoms with Crippen molar-refractivity contribution in [1.29, 1.82) is 0 Å². The summed E-state index contributed by atoms with van der Waals surface area (Å²) in [7, 11) is 1.90. The molecule has 1 N–H and O–H groups in total. The van der Waals surface area contributed by atoms with Gasteiger partial charge in [0.1, 0.15) is 11.0 Å². The van der Waals surface area contributed by atoms with Gasteiger partial charge in [-0.25, -0.2) is 4.98 Å². The Balaban J connectivity index is 1.85. The van der Waals surface area contributed by atoms with Crippen LogP contribution in [0.1, 0.15) is 16.6 Å². The first-order chi connectivity index (χ1) is 11.1. The number of nitrogens with one attached hydrogen (secondary N) is 1. The lowest BCUT2D eigenvalue weighted by molar-refractivity contribution is -0.115. The molecule has 0 aliphatic heterocycles. The van der Waals surface area contributed by atoms with Gasteiger partial charge in [0.05, 0.1) is 0 Å². The summed E-state index contributed by atoms with van der Waals surface area (Å²) in [6.07, 6.45) is 3.56. The molecule has 3 rings (SSSR count). The Bertz CT molecular complexity index is 797. The largest absolute Gasteiger partial charge is 0.360 e. The number of hydrogen-bond acceptors (Lipinski definition) is 5. The molecule has 23 heavy (non-hydrogen) atoms. The van der Waals surface area contributed by atoms with Crippen molar-refractivity contribution in [3.63, 3.8) is 0 Å². The van der Waals surface area contributed by atoms with Crippen molar-refractivity contribution in [3.8, 4) is 0 Å². The second kappa shape index (κ2) is 6.70. The highest BCUT2D eigenvalue weighted by Crippen LogP contribution is 2.35. The summed E-state index contributed by atoms with van der Waals surface area (Å²) < 4.78 is 6.87. The van der Waals surface area contributed by atoms with Gasteiger partial charge in [0.2, 0.25) is 5.91 Å². The Kier molecular flexibility index (Phi) is 4.47. The maximum absolute atomic E-state index is 12.7. The van der Waals surface area contributed by atoms with E-state index in [2.05, 4.69) is 15.5 Å². The van der Waals surface area contributed by atoms with Crippen molar-refractivity contribution < 1.29 is 9.32 Å². The summed E-state index contributed by atoms with van der Waals surface area (Å²) in [6.45, 7) is 1.78. The number of imidazole rings is 1. The number of nitrogens with zero attached hydrogens (tertiary/aromatic N) is 3. The maximum atomic E-state index is 12.7. The summed E-state index contributed by atoms with van der Waals surface area (Å²) in [5.41, 5.74) is 0.901. The number of anilines is 1. The topological polar surface area (TPSA) is 73.0 Å². The molecule has 0 unspecified atom stereocenters. The van der Waals surface area contributed by atoms with Crippen molar-refractivity contribution in [3.05, 3.63) is 60.1 Å². The molecule has 0 bridgehead atoms. The molecule has 0 fully saturated rings. The number of hydrogen-bond donors (Lipinski definition) is 1. The average molecular weight is 328 g/mol. The molecule has 2 heterocycles. The van der Waals surface area contributed by atoms with E-state index >= 15 is 0 Å². The molecule has 3 aromatic rings. The zero-order valence-electron chi connectivity index (χ0n) is 12.8. The first-order valence-electron chi connectivity index (χ1n) is 7.06. The second-order valence-electron chi connectivity index (χ2n) is 5.04. The van der Waals surface area contributed by atoms with E-state index in [1.807, 2.05) is 48.1 Å². The molecule has 118 valence electrons. The van der Waals surface area contributed by atoms with Crippen LogP contribution in [0.2, 0.25) is 0 Å². The number of carbonyl (C=O) groups is 1. The molecule has 1 aromatic carbocycles. The van der Waals surface area contributed by atoms with Gasteiger partial charge >= 0.3 is 0 Å². The first kappa shape index (κ1) is 15.4. The number of aryl methyl sites for hydroxylation is 2. The maximum Gasteiger partial charge on any atom is 0.243 e. The Morgan fingerprint density at radius 2 is 2.13 bits per heavy atom. The number of aromatic nitrogens is 3. The number of rotatable bonds is 5. The highest BCUT2D eigenvalue weighted by molar-refractivity contribution is 8.00. The zero-order valence-corrected chi connectivity index (χ0v) is 13.6. The van der Waals surface area contributed by atoms with Crippen molar-refractivity contribution in [1.82, 2.24) is 14.7 Å². The summed E-state index contributed by atoms with van der Waals surface area (Å²) in [4.78, 5) is 17.0. The minimum atomic E-state index is -0.436. The van der Waals surface area contributed by atoms with E-state index in [0.717, 1.165) is 10.7 Å². The Morgan fingerprint density at radius 3 is 2.74 bits per heavy atom. The molecule has 0 aliphatic rings. The van der Waals surface area contributed by atoms with Gasteiger partial charge in [-0.3, -0.25) is 4.79 Å². The van der Waals surface area contributed by atoms with Crippen molar-refractivity contribution in [2.45, 2.75) is 17.3 Å². The van der Waals surface area contributed by atoms with Crippen molar-refractivity contribution in [2.75, 3.05) is 5.32 Å². The van der Waals surface area contributed by atoms with Crippen LogP contribution in [0, 0.1) is 6.92 Å². The van der Waals surface area contributed by atoms with Crippen LogP contribution in [0.5, 0.6) is 0 Å². The summed E-state index contributed by atoms with van der Waals surface area (Å²) in [5, 5.41) is 6.93. The average Bonchev–Trinajstić information content (AvgIpc) is 3.14. The van der Waals surface area contributed by atoms with Gasteiger partial charge in [-0.1, -0.05) is 47.3 Å². The number of thioether (sulfide) groups is 1. The smallest absolute Gasteiger partial charge is 0.243 e. The lowest BCUT2D eigenvalue weighted by atomic mass is 10.1. The monoisotopic (exact) mass is 328 g/mol. The molecule has 0 spiro atoms. The predicted octanol–water partition coefficient (Wildman–Crippen LogP) is 3.19. The van der Waals surface area contributed by atoms with Crippen molar-refractivity contribution >= 4 is 23.5 Å². The van der Waals surface area contributed by atoms with Gasteiger partial charge in [0.25, 0.3) is 0 Å². The molecule has 7 heteroatoms. The SMILES string of the molecule is Cc1cc(NC(=O)[C@H](Sc2nccn2C)c2ccccc2)no1. The van der Waals surface area contributed by atoms with Gasteiger partial charge in [-0.15, -0.1) is 0 Å². The molecule has 0 radical (unpaired) electrons. The van der Waals surface area contributed by atoms with Crippen LogP contribution in [0.15, 0.2) is 58.5 Å². The van der Waals surface area contributed by atoms with E-state index in [1.54, 1.807) is 19.2 Å². The fourth-order valence-corrected chi connectivity index (χ4v) is 3.11. The Morgan fingerprint density at radius 1 is 1.35 bits per heavy atom. The summed E-state index contributed by atoms with van der Waals surface area (Å²) in [5.74, 6) is 0.889. The van der Waals surface area contributed by atoms with Crippen LogP contribution < -0.4 is 5.32 Å². The van der Waals surface area contributed by atoms with E-state index in [0.29, 0.717) is 11.6 Å². The fourth-order valence-electron chi connectivity index (χ4n) is 2.09. The highest BCUT2D eigenvalue weighted by Gasteiger charge is 2.24. The van der Waals surface area contributed by atoms with Crippen molar-refractivity contribution in [2.24, 2.45) is 7.05 Å². The first-order valence-corrected chi connectivity index (χ1v) is 7.94. The minimum absolute atomic E-state index is 0.169. The predicted molar refractivity (Wildman–Crippen MR) is 88.1 cm³/mol. The fraction of sp³-hybridized carbons (Fsp3) is 0.188. The summed E-state index contributed by atoms with van der Waals surface area (Å²) in [6, 6.07) is 11.3. The molecule has 6 nitrogen and oxygen atoms in total. The number of benzene rings is 1. The van der Waals surface area contributed by atoms with Crippen LogP contribution in [-0.4, -0.2) is 20.6 Å². The quantitative estimate of drug-likeness (QED) is 0.728. The van der Waals surface area contributed by atoms with E-state index in [9.17, 15) is 4.79 Å². The molecule has 1 atom stereocenters. The Labute approximate surface area is 137 Å². The van der Waals surface area contributed by atoms with Gasteiger partial charge in [-0.2, -0.15) is 0 Å². The lowest BCUT2D eigenvalue weighted by Crippen LogP contribution is -2.19. The van der Waals surface area contributed by atoms with E-state index in [4.69, 9.17) is 4.52 Å². The molecule has 0 saturated carbocycles. The molecule has 0 saturated heterocycles. The standard InChI is InChI=1S/C16H16N4O2S/c1-11-10-13(19-22-11)18-15(21)14(12-6-4-3-5-7-12)23-16-17-8-9-20(16)2/h3-10,14H,1-2H3,(H,18,19,21)/t14-/m1/s1. The molecule has 2 aromatic heterocycles. The van der Waals surface area contributed by atoms with Gasteiger partial charge < -0.3 is 14.4 Å². The van der Waals surface area contributed by atoms with E-state index in [1.165, 1.54) is 11.8 Å². The number of amides is 1. The molecular formula is C16H16N4O2S.